The van der Waals surface area contributed by atoms with Crippen molar-refractivity contribution in [1.82, 2.24) is 14.1 Å². The normalized spacial score (nSPS) is 20.7. The van der Waals surface area contributed by atoms with Gasteiger partial charge in [-0.15, -0.1) is 0 Å². The van der Waals surface area contributed by atoms with Crippen molar-refractivity contribution < 1.29 is 18.0 Å². The zero-order chi connectivity index (χ0) is 26.5. The maximum Gasteiger partial charge on any atom is 0.267 e. The highest BCUT2D eigenvalue weighted by Gasteiger charge is 2.49. The van der Waals surface area contributed by atoms with Crippen molar-refractivity contribution in [3.8, 4) is 0 Å². The summed E-state index contributed by atoms with van der Waals surface area (Å²) in [4.78, 5) is 29.2. The molecule has 4 rings (SSSR count). The van der Waals surface area contributed by atoms with Crippen LogP contribution < -0.4 is 5.73 Å². The molecule has 36 heavy (non-hydrogen) atoms. The molecule has 2 aromatic carbocycles. The Morgan fingerprint density at radius 3 is 2.28 bits per heavy atom. The lowest BCUT2D eigenvalue weighted by molar-refractivity contribution is -0.149. The average Bonchev–Trinajstić information content (AvgIpc) is 2.79. The van der Waals surface area contributed by atoms with E-state index in [9.17, 15) is 18.0 Å². The number of amides is 2. The van der Waals surface area contributed by atoms with Crippen molar-refractivity contribution >= 4 is 68.2 Å². The van der Waals surface area contributed by atoms with Crippen LogP contribution in [0.25, 0.3) is 0 Å². The molecule has 2 unspecified atom stereocenters. The number of halogens is 4. The van der Waals surface area contributed by atoms with E-state index in [1.54, 1.807) is 32.0 Å². The Morgan fingerprint density at radius 2 is 1.67 bits per heavy atom. The monoisotopic (exact) mass is 590 g/mol. The quantitative estimate of drug-likeness (QED) is 0.563. The Kier molecular flexibility index (Phi) is 7.54. The van der Waals surface area contributed by atoms with Crippen LogP contribution in [0.1, 0.15) is 19.4 Å². The highest BCUT2D eigenvalue weighted by atomic mass is 35.5. The number of carbonyl (C=O) groups is 2. The molecule has 2 aromatic rings. The van der Waals surface area contributed by atoms with E-state index in [0.717, 1.165) is 9.21 Å². The summed E-state index contributed by atoms with van der Waals surface area (Å²) in [5, 5.41) is 0.812. The van der Waals surface area contributed by atoms with Crippen LogP contribution in [0.5, 0.6) is 0 Å². The summed E-state index contributed by atoms with van der Waals surface area (Å²) in [5.74, 6) is -0.952. The molecule has 0 spiro atoms. The maximum absolute atomic E-state index is 13.8. The first-order valence-corrected chi connectivity index (χ1v) is 13.8. The molecule has 0 aromatic heterocycles. The van der Waals surface area contributed by atoms with Gasteiger partial charge in [0.25, 0.3) is 10.0 Å². The third kappa shape index (κ3) is 4.80. The van der Waals surface area contributed by atoms with Crippen molar-refractivity contribution in [2.75, 3.05) is 6.54 Å². The molecule has 2 amide bonds. The van der Waals surface area contributed by atoms with E-state index >= 15 is 0 Å². The van der Waals surface area contributed by atoms with Gasteiger partial charge in [-0.3, -0.25) is 14.5 Å². The van der Waals surface area contributed by atoms with Crippen molar-refractivity contribution in [2.24, 2.45) is 5.73 Å². The largest absolute Gasteiger partial charge is 0.318 e. The van der Waals surface area contributed by atoms with Gasteiger partial charge in [-0.25, -0.2) is 12.7 Å². The van der Waals surface area contributed by atoms with E-state index in [0.29, 0.717) is 10.6 Å². The molecular weight excluding hydrogens is 570 g/mol. The summed E-state index contributed by atoms with van der Waals surface area (Å²) >= 11 is 24.4. The Hall–Kier alpha value is -2.01. The molecule has 192 valence electrons. The summed E-state index contributed by atoms with van der Waals surface area (Å²) in [7, 11) is -4.29. The van der Waals surface area contributed by atoms with Gasteiger partial charge in [-0.1, -0.05) is 52.5 Å². The number of nitrogens with two attached hydrogens (primary N) is 1. The minimum atomic E-state index is -4.29. The third-order valence-corrected chi connectivity index (χ3v) is 9.18. The van der Waals surface area contributed by atoms with Crippen LogP contribution in [0.15, 0.2) is 53.3 Å². The van der Waals surface area contributed by atoms with Gasteiger partial charge in [0.2, 0.25) is 11.8 Å². The summed E-state index contributed by atoms with van der Waals surface area (Å²) in [5.41, 5.74) is 6.74. The van der Waals surface area contributed by atoms with Gasteiger partial charge >= 0.3 is 0 Å². The predicted octanol–water partition coefficient (Wildman–Crippen LogP) is 4.12. The van der Waals surface area contributed by atoms with Crippen LogP contribution in [-0.2, 0) is 26.0 Å². The van der Waals surface area contributed by atoms with Gasteiger partial charge in [-0.2, -0.15) is 0 Å². The SMILES string of the molecule is CC(C)N1C=C2N(C(=O)C(N)CN2S(=O)(=O)c2ccc(Cl)cc2Cl)C(Cc2ccc(Cl)c(Cl)c2)C1=O. The Morgan fingerprint density at radius 1 is 0.972 bits per heavy atom. The number of fused-ring (bicyclic) bond motifs is 1. The third-order valence-electron chi connectivity index (χ3n) is 5.96. The molecule has 0 aliphatic carbocycles. The van der Waals surface area contributed by atoms with E-state index in [4.69, 9.17) is 52.1 Å². The van der Waals surface area contributed by atoms with E-state index in [1.165, 1.54) is 29.3 Å². The molecule has 2 atom stereocenters. The molecule has 1 fully saturated rings. The molecule has 0 radical (unpaired) electrons. The number of benzene rings is 2. The molecule has 0 bridgehead atoms. The lowest BCUT2D eigenvalue weighted by atomic mass is 9.99. The molecule has 0 saturated carbocycles. The predicted molar refractivity (Wildman–Crippen MR) is 139 cm³/mol. The van der Waals surface area contributed by atoms with Crippen molar-refractivity contribution in [3.05, 3.63) is 74.1 Å². The first-order chi connectivity index (χ1) is 16.8. The van der Waals surface area contributed by atoms with E-state index in [-0.39, 0.29) is 50.7 Å². The van der Waals surface area contributed by atoms with Gasteiger partial charge in [0.15, 0.2) is 0 Å². The molecular formula is C23H22Cl4N4O4S. The number of hydrogen-bond acceptors (Lipinski definition) is 5. The summed E-state index contributed by atoms with van der Waals surface area (Å²) < 4.78 is 28.5. The second-order valence-electron chi connectivity index (χ2n) is 8.72. The number of rotatable bonds is 5. The van der Waals surface area contributed by atoms with Crippen LogP contribution in [-0.4, -0.2) is 59.0 Å². The van der Waals surface area contributed by atoms with Gasteiger partial charge in [-0.05, 0) is 49.7 Å². The van der Waals surface area contributed by atoms with Crippen LogP contribution in [0.2, 0.25) is 20.1 Å². The molecule has 2 heterocycles. The maximum atomic E-state index is 13.8. The second-order valence-corrected chi connectivity index (χ2v) is 12.2. The first kappa shape index (κ1) is 27.0. The summed E-state index contributed by atoms with van der Waals surface area (Å²) in [6, 6.07) is 6.29. The van der Waals surface area contributed by atoms with E-state index in [2.05, 4.69) is 0 Å². The average molecular weight is 592 g/mol. The first-order valence-electron chi connectivity index (χ1n) is 10.9. The molecule has 13 heteroatoms. The lowest BCUT2D eigenvalue weighted by Crippen LogP contribution is -2.66. The van der Waals surface area contributed by atoms with Crippen LogP contribution in [0.4, 0.5) is 0 Å². The fraction of sp³-hybridized carbons (Fsp3) is 0.304. The zero-order valence-corrected chi connectivity index (χ0v) is 23.0. The minimum Gasteiger partial charge on any atom is -0.318 e. The van der Waals surface area contributed by atoms with Gasteiger partial charge in [0.05, 0.1) is 21.6 Å². The van der Waals surface area contributed by atoms with Gasteiger partial charge in [0, 0.05) is 23.7 Å². The highest BCUT2D eigenvalue weighted by molar-refractivity contribution is 7.89. The second kappa shape index (κ2) is 10.0. The minimum absolute atomic E-state index is 0.00563. The summed E-state index contributed by atoms with van der Waals surface area (Å²) in [6.45, 7) is 3.24. The van der Waals surface area contributed by atoms with Crippen molar-refractivity contribution in [3.63, 3.8) is 0 Å². The standard InChI is InChI=1S/C23H22Cl4N4O4S/c1-12(2)29-11-21-30(36(34,35)20-6-4-14(24)9-17(20)27)10-18(28)22(32)31(21)19(23(29)33)8-13-3-5-15(25)16(26)7-13/h3-7,9,11-12,18-19H,8,10,28H2,1-2H3. The molecule has 2 aliphatic rings. The Labute approximate surface area is 229 Å². The van der Waals surface area contributed by atoms with Crippen molar-refractivity contribution in [1.29, 1.82) is 0 Å². The number of hydrogen-bond donors (Lipinski definition) is 1. The highest BCUT2D eigenvalue weighted by Crippen LogP contribution is 2.36. The Bertz CT molecular complexity index is 1380. The van der Waals surface area contributed by atoms with E-state index < -0.39 is 28.0 Å². The van der Waals surface area contributed by atoms with Crippen LogP contribution in [0, 0.1) is 0 Å². The Balaban J connectivity index is 1.85. The van der Waals surface area contributed by atoms with Gasteiger partial charge < -0.3 is 10.6 Å². The van der Waals surface area contributed by atoms with Crippen LogP contribution >= 0.6 is 46.4 Å². The number of nitrogens with zero attached hydrogens (tertiary/aromatic N) is 3. The summed E-state index contributed by atoms with van der Waals surface area (Å²) in [6.07, 6.45) is 1.42. The van der Waals surface area contributed by atoms with E-state index in [1.807, 2.05) is 0 Å². The molecule has 1 saturated heterocycles. The zero-order valence-electron chi connectivity index (χ0n) is 19.2. The fourth-order valence-corrected chi connectivity index (χ4v) is 6.71. The molecule has 2 aliphatic heterocycles. The smallest absolute Gasteiger partial charge is 0.267 e. The lowest BCUT2D eigenvalue weighted by Gasteiger charge is -2.48. The number of sulfonamides is 1. The molecule has 8 nitrogen and oxygen atoms in total. The fourth-order valence-electron chi connectivity index (χ4n) is 4.17. The van der Waals surface area contributed by atoms with Gasteiger partial charge in [0.1, 0.15) is 22.8 Å². The van der Waals surface area contributed by atoms with Crippen LogP contribution in [0.3, 0.4) is 0 Å². The topological polar surface area (TPSA) is 104 Å². The number of carbonyl (C=O) groups excluding carboxylic acids is 2. The van der Waals surface area contributed by atoms with Crippen molar-refractivity contribution in [2.45, 2.75) is 43.3 Å². The molecule has 2 N–H and O–H groups in total.